The van der Waals surface area contributed by atoms with Crippen LogP contribution in [0.1, 0.15) is 22.8 Å². The van der Waals surface area contributed by atoms with Crippen molar-refractivity contribution in [2.24, 2.45) is 0 Å². The van der Waals surface area contributed by atoms with Crippen molar-refractivity contribution in [2.75, 3.05) is 0 Å². The lowest BCUT2D eigenvalue weighted by molar-refractivity contribution is 0.463. The van der Waals surface area contributed by atoms with Gasteiger partial charge in [0.2, 0.25) is 5.88 Å². The highest BCUT2D eigenvalue weighted by Crippen LogP contribution is 2.37. The summed E-state index contributed by atoms with van der Waals surface area (Å²) in [5.41, 5.74) is 10.7. The zero-order chi connectivity index (χ0) is 29.2. The van der Waals surface area contributed by atoms with Crippen LogP contribution in [0.3, 0.4) is 0 Å². The van der Waals surface area contributed by atoms with Gasteiger partial charge < -0.3 is 9.84 Å². The van der Waals surface area contributed by atoms with Crippen molar-refractivity contribution in [2.45, 2.75) is 27.7 Å². The molecule has 4 aromatic heterocycles. The maximum absolute atomic E-state index is 10.7. The Morgan fingerprint density at radius 1 is 0.524 bits per heavy atom. The van der Waals surface area contributed by atoms with Crippen molar-refractivity contribution in [1.82, 2.24) is 19.9 Å². The molecule has 0 bridgehead atoms. The van der Waals surface area contributed by atoms with Crippen molar-refractivity contribution in [1.29, 1.82) is 0 Å². The second kappa shape index (κ2) is 11.3. The van der Waals surface area contributed by atoms with Gasteiger partial charge in [-0.3, -0.25) is 9.97 Å². The second-order valence-electron chi connectivity index (χ2n) is 10.4. The fourth-order valence-corrected chi connectivity index (χ4v) is 5.18. The predicted octanol–water partition coefficient (Wildman–Crippen LogP) is 8.67. The molecule has 0 atom stereocenters. The molecule has 6 nitrogen and oxygen atoms in total. The average Bonchev–Trinajstić information content (AvgIpc) is 2.96. The van der Waals surface area contributed by atoms with Crippen LogP contribution in [0, 0.1) is 27.7 Å². The normalized spacial score (nSPS) is 11.0. The Balaban J connectivity index is 1.58. The first-order valence-corrected chi connectivity index (χ1v) is 13.8. The summed E-state index contributed by atoms with van der Waals surface area (Å²) in [7, 11) is 0. The predicted molar refractivity (Wildman–Crippen MR) is 166 cm³/mol. The van der Waals surface area contributed by atoms with Crippen LogP contribution in [0.25, 0.3) is 44.8 Å². The number of ether oxygens (including phenoxy) is 1. The quantitative estimate of drug-likeness (QED) is 0.223. The van der Waals surface area contributed by atoms with Gasteiger partial charge in [0.05, 0.1) is 11.4 Å². The van der Waals surface area contributed by atoms with Crippen LogP contribution < -0.4 is 4.74 Å². The highest BCUT2D eigenvalue weighted by molar-refractivity contribution is 5.81. The number of pyridine rings is 4. The maximum atomic E-state index is 10.7. The fourth-order valence-electron chi connectivity index (χ4n) is 5.18. The minimum absolute atomic E-state index is 0.172. The van der Waals surface area contributed by atoms with E-state index in [0.717, 1.165) is 56.3 Å². The van der Waals surface area contributed by atoms with E-state index in [0.29, 0.717) is 22.9 Å². The number of para-hydroxylation sites is 1. The smallest absolute Gasteiger partial charge is 0.219 e. The number of hydrogen-bond acceptors (Lipinski definition) is 6. The second-order valence-corrected chi connectivity index (χ2v) is 10.4. The molecule has 6 heteroatoms. The first-order valence-electron chi connectivity index (χ1n) is 13.8. The Hall–Kier alpha value is -5.36. The van der Waals surface area contributed by atoms with E-state index in [1.54, 1.807) is 12.3 Å². The summed E-state index contributed by atoms with van der Waals surface area (Å²) < 4.78 is 6.24. The van der Waals surface area contributed by atoms with Crippen LogP contribution in [0.4, 0.5) is 0 Å². The van der Waals surface area contributed by atoms with Crippen LogP contribution in [0.2, 0.25) is 0 Å². The van der Waals surface area contributed by atoms with Crippen LogP contribution in [-0.4, -0.2) is 25.0 Å². The summed E-state index contributed by atoms with van der Waals surface area (Å²) in [4.78, 5) is 18.5. The SMILES string of the molecule is Cc1cc(-c2cc(Oc3ccccn3)cc(-c3cc(-c4cc(C)nc(C)c4)cc(-c4ccccc4O)n3)c2)cc(C)n1. The Morgan fingerprint density at radius 2 is 1.07 bits per heavy atom. The molecule has 0 saturated carbocycles. The zero-order valence-corrected chi connectivity index (χ0v) is 24.0. The van der Waals surface area contributed by atoms with Gasteiger partial charge in [-0.2, -0.15) is 0 Å². The summed E-state index contributed by atoms with van der Waals surface area (Å²) in [5, 5.41) is 10.7. The van der Waals surface area contributed by atoms with Crippen molar-refractivity contribution in [3.8, 4) is 62.1 Å². The topological polar surface area (TPSA) is 81.0 Å². The summed E-state index contributed by atoms with van der Waals surface area (Å²) in [6.45, 7) is 7.97. The Bertz CT molecular complexity index is 1880. The molecule has 0 saturated heterocycles. The number of rotatable bonds is 6. The van der Waals surface area contributed by atoms with Crippen molar-refractivity contribution < 1.29 is 9.84 Å². The average molecular weight is 551 g/mol. The molecule has 0 aliphatic carbocycles. The Morgan fingerprint density at radius 3 is 1.69 bits per heavy atom. The summed E-state index contributed by atoms with van der Waals surface area (Å²) in [6.07, 6.45) is 1.71. The summed E-state index contributed by atoms with van der Waals surface area (Å²) in [5.74, 6) is 1.31. The largest absolute Gasteiger partial charge is 0.507 e. The number of nitrogens with zero attached hydrogens (tertiary/aromatic N) is 4. The standard InChI is InChI=1S/C36H30N4O2/c1-22-13-26(14-23(2)38-22)28-17-30(19-31(18-28)42-36-11-7-8-12-37-36)33-20-29(27-15-24(3)39-25(4)16-27)21-34(40-33)32-9-5-6-10-35(32)41/h5-21,41H,1-4H3. The van der Waals surface area contributed by atoms with E-state index in [1.807, 2.05) is 82.3 Å². The fraction of sp³-hybridized carbons (Fsp3) is 0.111. The van der Waals surface area contributed by atoms with E-state index in [-0.39, 0.29) is 5.75 Å². The molecule has 0 unspecified atom stereocenters. The van der Waals surface area contributed by atoms with Gasteiger partial charge in [-0.05, 0) is 123 Å². The number of benzene rings is 2. The molecule has 6 aromatic rings. The highest BCUT2D eigenvalue weighted by Gasteiger charge is 2.15. The van der Waals surface area contributed by atoms with Gasteiger partial charge in [-0.15, -0.1) is 0 Å². The lowest BCUT2D eigenvalue weighted by Crippen LogP contribution is -1.95. The van der Waals surface area contributed by atoms with Gasteiger partial charge in [0.15, 0.2) is 0 Å². The first-order chi connectivity index (χ1) is 20.3. The Labute approximate surface area is 245 Å². The molecule has 206 valence electrons. The van der Waals surface area contributed by atoms with E-state index < -0.39 is 0 Å². The van der Waals surface area contributed by atoms with E-state index in [2.05, 4.69) is 51.4 Å². The van der Waals surface area contributed by atoms with Gasteiger partial charge in [0, 0.05) is 46.2 Å². The molecule has 0 aliphatic rings. The van der Waals surface area contributed by atoms with Crippen LogP contribution >= 0.6 is 0 Å². The van der Waals surface area contributed by atoms with Gasteiger partial charge in [-0.25, -0.2) is 9.97 Å². The van der Waals surface area contributed by atoms with Gasteiger partial charge in [0.25, 0.3) is 0 Å². The lowest BCUT2D eigenvalue weighted by Gasteiger charge is -2.15. The van der Waals surface area contributed by atoms with Crippen LogP contribution in [0.15, 0.2) is 103 Å². The number of phenols is 1. The lowest BCUT2D eigenvalue weighted by atomic mass is 9.97. The van der Waals surface area contributed by atoms with Crippen molar-refractivity contribution in [3.63, 3.8) is 0 Å². The summed E-state index contributed by atoms with van der Waals surface area (Å²) in [6, 6.07) is 31.3. The number of aromatic hydroxyl groups is 1. The van der Waals surface area contributed by atoms with Gasteiger partial charge in [-0.1, -0.05) is 18.2 Å². The van der Waals surface area contributed by atoms with E-state index in [1.165, 1.54) is 0 Å². The third-order valence-corrected chi connectivity index (χ3v) is 6.90. The van der Waals surface area contributed by atoms with Crippen LogP contribution in [0.5, 0.6) is 17.4 Å². The molecule has 0 spiro atoms. The molecule has 0 fully saturated rings. The minimum Gasteiger partial charge on any atom is -0.507 e. The summed E-state index contributed by atoms with van der Waals surface area (Å²) >= 11 is 0. The third-order valence-electron chi connectivity index (χ3n) is 6.90. The number of aromatic nitrogens is 4. The van der Waals surface area contributed by atoms with Crippen molar-refractivity contribution >= 4 is 0 Å². The van der Waals surface area contributed by atoms with E-state index in [9.17, 15) is 5.11 Å². The molecule has 1 N–H and O–H groups in total. The van der Waals surface area contributed by atoms with Crippen molar-refractivity contribution in [3.05, 3.63) is 126 Å². The molecule has 2 aromatic carbocycles. The molecule has 0 radical (unpaired) electrons. The van der Waals surface area contributed by atoms with E-state index in [4.69, 9.17) is 9.72 Å². The minimum atomic E-state index is 0.172. The number of aryl methyl sites for hydroxylation is 4. The van der Waals surface area contributed by atoms with Gasteiger partial charge >= 0.3 is 0 Å². The number of hydrogen-bond donors (Lipinski definition) is 1. The molecule has 42 heavy (non-hydrogen) atoms. The monoisotopic (exact) mass is 550 g/mol. The maximum Gasteiger partial charge on any atom is 0.219 e. The Kier molecular flexibility index (Phi) is 7.19. The molecule has 4 heterocycles. The third kappa shape index (κ3) is 5.88. The molecule has 6 rings (SSSR count). The molecular weight excluding hydrogens is 520 g/mol. The van der Waals surface area contributed by atoms with E-state index >= 15 is 0 Å². The molecular formula is C36H30N4O2. The highest BCUT2D eigenvalue weighted by atomic mass is 16.5. The van der Waals surface area contributed by atoms with Gasteiger partial charge in [0.1, 0.15) is 11.5 Å². The molecule has 0 aliphatic heterocycles. The molecule has 0 amide bonds. The first kappa shape index (κ1) is 26.8. The number of phenolic OH excluding ortho intramolecular Hbond substituents is 1. The zero-order valence-electron chi connectivity index (χ0n) is 24.0. The van der Waals surface area contributed by atoms with Crippen LogP contribution in [-0.2, 0) is 0 Å².